The number of aryl methyl sites for hydroxylation is 1. The van der Waals surface area contributed by atoms with E-state index in [4.69, 9.17) is 10.5 Å². The molecule has 0 aliphatic heterocycles. The second-order valence-electron chi connectivity index (χ2n) is 9.07. The van der Waals surface area contributed by atoms with Gasteiger partial charge in [0.1, 0.15) is 11.6 Å². The van der Waals surface area contributed by atoms with Gasteiger partial charge in [-0.15, -0.1) is 0 Å². The van der Waals surface area contributed by atoms with Crippen molar-refractivity contribution in [3.05, 3.63) is 102 Å². The fraction of sp³-hybridized carbons (Fsp3) is 0.100. The number of alkyl halides is 3. The Hall–Kier alpha value is -4.99. The maximum absolute atomic E-state index is 13.7. The van der Waals surface area contributed by atoms with Gasteiger partial charge in [-0.05, 0) is 72.1 Å². The third kappa shape index (κ3) is 5.15. The normalized spacial score (nSPS) is 11.4. The molecule has 0 bridgehead atoms. The van der Waals surface area contributed by atoms with Crippen LogP contribution in [-0.4, -0.2) is 23.0 Å². The van der Waals surface area contributed by atoms with Crippen molar-refractivity contribution < 1.29 is 27.1 Å². The fourth-order valence-electron chi connectivity index (χ4n) is 4.50. The van der Waals surface area contributed by atoms with Crippen LogP contribution in [0, 0.1) is 12.7 Å². The summed E-state index contributed by atoms with van der Waals surface area (Å²) in [6.45, 7) is 1.85. The van der Waals surface area contributed by atoms with E-state index < -0.39 is 23.5 Å². The van der Waals surface area contributed by atoms with E-state index >= 15 is 0 Å². The Morgan fingerprint density at radius 2 is 1.73 bits per heavy atom. The SMILES string of the molecule is COc1c(-c2cc(C(=O)Nc3cccc(C(F)(F)F)c3)ccc2C)cc2cnc(N)nc2c1-c1ccc(F)cc1. The maximum Gasteiger partial charge on any atom is 0.416 e. The van der Waals surface area contributed by atoms with E-state index in [1.54, 1.807) is 42.6 Å². The predicted octanol–water partition coefficient (Wildman–Crippen LogP) is 7.27. The lowest BCUT2D eigenvalue weighted by Gasteiger charge is -2.19. The number of aromatic nitrogens is 2. The van der Waals surface area contributed by atoms with Crippen molar-refractivity contribution in [3.63, 3.8) is 0 Å². The molecule has 1 amide bonds. The minimum absolute atomic E-state index is 0.0126. The van der Waals surface area contributed by atoms with Crippen LogP contribution in [0.15, 0.2) is 79.0 Å². The zero-order chi connectivity index (χ0) is 28.6. The van der Waals surface area contributed by atoms with Crippen LogP contribution in [-0.2, 0) is 6.18 Å². The van der Waals surface area contributed by atoms with Gasteiger partial charge in [0.2, 0.25) is 5.95 Å². The number of carbonyl (C=O) groups is 1. The second-order valence-corrected chi connectivity index (χ2v) is 9.07. The van der Waals surface area contributed by atoms with Crippen LogP contribution < -0.4 is 15.8 Å². The largest absolute Gasteiger partial charge is 0.495 e. The fourth-order valence-corrected chi connectivity index (χ4v) is 4.50. The number of hydrogen-bond acceptors (Lipinski definition) is 5. The number of benzene rings is 4. The molecular weight excluding hydrogens is 524 g/mol. The molecule has 0 fully saturated rings. The highest BCUT2D eigenvalue weighted by Gasteiger charge is 2.30. The molecule has 5 rings (SSSR count). The number of halogens is 4. The van der Waals surface area contributed by atoms with Crippen LogP contribution in [0.3, 0.4) is 0 Å². The number of nitrogens with two attached hydrogens (primary N) is 1. The Bertz CT molecular complexity index is 1750. The number of hydrogen-bond donors (Lipinski definition) is 2. The third-order valence-electron chi connectivity index (χ3n) is 6.42. The first-order valence-electron chi connectivity index (χ1n) is 12.0. The highest BCUT2D eigenvalue weighted by Crippen LogP contribution is 2.44. The van der Waals surface area contributed by atoms with Crippen LogP contribution in [0.1, 0.15) is 21.5 Å². The Labute approximate surface area is 226 Å². The highest BCUT2D eigenvalue weighted by molar-refractivity contribution is 6.06. The van der Waals surface area contributed by atoms with Gasteiger partial charge in [0, 0.05) is 28.4 Å². The molecule has 0 spiro atoms. The van der Waals surface area contributed by atoms with Crippen molar-refractivity contribution in [2.24, 2.45) is 0 Å². The van der Waals surface area contributed by atoms with E-state index in [1.165, 1.54) is 31.4 Å². The van der Waals surface area contributed by atoms with Gasteiger partial charge in [-0.1, -0.05) is 24.3 Å². The van der Waals surface area contributed by atoms with Crippen molar-refractivity contribution in [2.75, 3.05) is 18.2 Å². The maximum atomic E-state index is 13.7. The smallest absolute Gasteiger partial charge is 0.416 e. The topological polar surface area (TPSA) is 90.1 Å². The summed E-state index contributed by atoms with van der Waals surface area (Å²) in [4.78, 5) is 21.6. The van der Waals surface area contributed by atoms with Gasteiger partial charge >= 0.3 is 6.18 Å². The van der Waals surface area contributed by atoms with Gasteiger partial charge in [0.05, 0.1) is 23.8 Å². The van der Waals surface area contributed by atoms with Gasteiger partial charge in [-0.3, -0.25) is 4.79 Å². The lowest BCUT2D eigenvalue weighted by molar-refractivity contribution is -0.137. The molecular formula is C30H22F4N4O2. The zero-order valence-electron chi connectivity index (χ0n) is 21.3. The Balaban J connectivity index is 1.64. The lowest BCUT2D eigenvalue weighted by atomic mass is 9.91. The Morgan fingerprint density at radius 1 is 0.975 bits per heavy atom. The molecule has 0 saturated heterocycles. The number of fused-ring (bicyclic) bond motifs is 1. The number of anilines is 2. The van der Waals surface area contributed by atoms with Gasteiger partial charge in [-0.2, -0.15) is 13.2 Å². The van der Waals surface area contributed by atoms with Crippen LogP contribution in [0.4, 0.5) is 29.2 Å². The van der Waals surface area contributed by atoms with Crippen molar-refractivity contribution in [2.45, 2.75) is 13.1 Å². The first kappa shape index (κ1) is 26.6. The summed E-state index contributed by atoms with van der Waals surface area (Å²) in [7, 11) is 1.49. The van der Waals surface area contributed by atoms with Gasteiger partial charge in [0.15, 0.2) is 0 Å². The molecule has 0 saturated carbocycles. The number of nitrogens with zero attached hydrogens (tertiary/aromatic N) is 2. The van der Waals surface area contributed by atoms with E-state index in [0.29, 0.717) is 38.9 Å². The molecule has 3 N–H and O–H groups in total. The lowest BCUT2D eigenvalue weighted by Crippen LogP contribution is -2.13. The quantitative estimate of drug-likeness (QED) is 0.226. The predicted molar refractivity (Wildman–Crippen MR) is 145 cm³/mol. The average Bonchev–Trinajstić information content (AvgIpc) is 2.92. The second kappa shape index (κ2) is 10.3. The molecule has 5 aromatic rings. The van der Waals surface area contributed by atoms with Crippen molar-refractivity contribution >= 4 is 28.4 Å². The van der Waals surface area contributed by atoms with E-state index in [1.807, 2.05) is 6.92 Å². The number of carbonyl (C=O) groups excluding carboxylic acids is 1. The van der Waals surface area contributed by atoms with E-state index in [9.17, 15) is 22.4 Å². The van der Waals surface area contributed by atoms with Crippen LogP contribution in [0.25, 0.3) is 33.2 Å². The van der Waals surface area contributed by atoms with Crippen LogP contribution >= 0.6 is 0 Å². The summed E-state index contributed by atoms with van der Waals surface area (Å²) in [5.74, 6) is -0.534. The standard InChI is InChI=1S/C30H22F4N4O2/c1-16-6-7-18(28(39)37-22-5-3-4-20(14-22)30(32,33)34)12-23(16)24-13-19-15-36-29(35)38-26(19)25(27(24)40-2)17-8-10-21(31)11-9-17/h3-15H,1-2H3,(H,37,39)(H2,35,36,38). The summed E-state index contributed by atoms with van der Waals surface area (Å²) in [6, 6.07) is 17.0. The van der Waals surface area contributed by atoms with Crippen LogP contribution in [0.2, 0.25) is 0 Å². The molecule has 6 nitrogen and oxygen atoms in total. The summed E-state index contributed by atoms with van der Waals surface area (Å²) in [5.41, 5.74) is 8.96. The molecule has 0 atom stereocenters. The molecule has 0 radical (unpaired) electrons. The van der Waals surface area contributed by atoms with Gasteiger partial charge in [0.25, 0.3) is 5.91 Å². The molecule has 1 heterocycles. The molecule has 10 heteroatoms. The minimum Gasteiger partial charge on any atom is -0.495 e. The number of rotatable bonds is 5. The van der Waals surface area contributed by atoms with Crippen molar-refractivity contribution in [1.29, 1.82) is 0 Å². The Morgan fingerprint density at radius 3 is 2.42 bits per heavy atom. The van der Waals surface area contributed by atoms with Gasteiger partial charge in [-0.25, -0.2) is 14.4 Å². The summed E-state index contributed by atoms with van der Waals surface area (Å²) < 4.78 is 59.0. The van der Waals surface area contributed by atoms with Crippen LogP contribution in [0.5, 0.6) is 5.75 Å². The number of methoxy groups -OCH3 is 1. The van der Waals surface area contributed by atoms with Gasteiger partial charge < -0.3 is 15.8 Å². The van der Waals surface area contributed by atoms with Crippen molar-refractivity contribution in [1.82, 2.24) is 9.97 Å². The molecule has 1 aromatic heterocycles. The summed E-state index contributed by atoms with van der Waals surface area (Å²) >= 11 is 0. The monoisotopic (exact) mass is 546 g/mol. The molecule has 4 aromatic carbocycles. The van der Waals surface area contributed by atoms with E-state index in [0.717, 1.165) is 17.7 Å². The molecule has 0 aliphatic rings. The van der Waals surface area contributed by atoms with E-state index in [-0.39, 0.29) is 17.2 Å². The number of nitrogen functional groups attached to an aromatic ring is 1. The minimum atomic E-state index is -4.54. The molecule has 40 heavy (non-hydrogen) atoms. The highest BCUT2D eigenvalue weighted by atomic mass is 19.4. The van der Waals surface area contributed by atoms with Crippen molar-refractivity contribution in [3.8, 4) is 28.0 Å². The summed E-state index contributed by atoms with van der Waals surface area (Å²) in [6.07, 6.45) is -2.98. The number of amides is 1. The molecule has 0 aliphatic carbocycles. The van der Waals surface area contributed by atoms with E-state index in [2.05, 4.69) is 15.3 Å². The number of ether oxygens (including phenoxy) is 1. The average molecular weight is 547 g/mol. The first-order chi connectivity index (χ1) is 19.0. The number of nitrogens with one attached hydrogen (secondary N) is 1. The Kier molecular flexibility index (Phi) is 6.85. The molecule has 0 unspecified atom stereocenters. The molecule has 202 valence electrons. The third-order valence-corrected chi connectivity index (χ3v) is 6.42. The summed E-state index contributed by atoms with van der Waals surface area (Å²) in [5, 5.41) is 3.16. The zero-order valence-corrected chi connectivity index (χ0v) is 21.3. The first-order valence-corrected chi connectivity index (χ1v) is 12.0.